The summed E-state index contributed by atoms with van der Waals surface area (Å²) in [5.41, 5.74) is 0.486. The lowest BCUT2D eigenvalue weighted by Crippen LogP contribution is -2.54. The Morgan fingerprint density at radius 1 is 1.27 bits per heavy atom. The van der Waals surface area contributed by atoms with Crippen LogP contribution < -0.4 is 5.32 Å². The number of hydrogen-bond acceptors (Lipinski definition) is 1. The molecule has 1 fully saturated rings. The van der Waals surface area contributed by atoms with Gasteiger partial charge in [0.25, 0.3) is 0 Å². The second-order valence-electron chi connectivity index (χ2n) is 5.00. The van der Waals surface area contributed by atoms with Crippen molar-refractivity contribution in [1.29, 1.82) is 0 Å². The fraction of sp³-hybridized carbons (Fsp3) is 1.00. The lowest BCUT2D eigenvalue weighted by atomic mass is 9.60. The van der Waals surface area contributed by atoms with E-state index in [9.17, 15) is 0 Å². The van der Waals surface area contributed by atoms with Gasteiger partial charge in [-0.2, -0.15) is 0 Å². The predicted octanol–water partition coefficient (Wildman–Crippen LogP) is 2.28. The van der Waals surface area contributed by atoms with Crippen LogP contribution in [0.15, 0.2) is 0 Å². The molecule has 3 atom stereocenters. The molecule has 1 saturated carbocycles. The lowest BCUT2D eigenvalue weighted by molar-refractivity contribution is 0.0351. The SMILES string of the molecule is CNC1C(C)CC1C(C)(C)C. The van der Waals surface area contributed by atoms with Crippen LogP contribution in [0, 0.1) is 17.3 Å². The molecule has 1 N–H and O–H groups in total. The minimum absolute atomic E-state index is 0.486. The smallest absolute Gasteiger partial charge is 0.0123 e. The van der Waals surface area contributed by atoms with Crippen LogP contribution in [0.3, 0.4) is 0 Å². The number of hydrogen-bond donors (Lipinski definition) is 1. The van der Waals surface area contributed by atoms with Crippen molar-refractivity contribution in [2.75, 3.05) is 7.05 Å². The summed E-state index contributed by atoms with van der Waals surface area (Å²) in [6.45, 7) is 9.36. The van der Waals surface area contributed by atoms with Crippen molar-refractivity contribution >= 4 is 0 Å². The molecule has 3 unspecified atom stereocenters. The third-order valence-electron chi connectivity index (χ3n) is 3.12. The van der Waals surface area contributed by atoms with Crippen molar-refractivity contribution in [2.45, 2.75) is 40.2 Å². The zero-order chi connectivity index (χ0) is 8.65. The molecular formula is C10H21N. The molecule has 0 amide bonds. The molecule has 66 valence electrons. The Balaban J connectivity index is 2.51. The summed E-state index contributed by atoms with van der Waals surface area (Å²) in [6, 6.07) is 0.759. The van der Waals surface area contributed by atoms with Crippen LogP contribution >= 0.6 is 0 Å². The molecule has 0 aromatic carbocycles. The molecular weight excluding hydrogens is 134 g/mol. The first-order chi connectivity index (χ1) is 4.96. The molecule has 1 heteroatoms. The van der Waals surface area contributed by atoms with Gasteiger partial charge in [0, 0.05) is 6.04 Å². The molecule has 0 aromatic heterocycles. The summed E-state index contributed by atoms with van der Waals surface area (Å²) in [4.78, 5) is 0. The highest BCUT2D eigenvalue weighted by Gasteiger charge is 2.43. The van der Waals surface area contributed by atoms with Gasteiger partial charge in [0.2, 0.25) is 0 Å². The monoisotopic (exact) mass is 155 g/mol. The summed E-state index contributed by atoms with van der Waals surface area (Å²) < 4.78 is 0. The quantitative estimate of drug-likeness (QED) is 0.612. The van der Waals surface area contributed by atoms with Crippen LogP contribution in [0.5, 0.6) is 0 Å². The number of rotatable bonds is 1. The molecule has 0 aliphatic heterocycles. The number of nitrogens with one attached hydrogen (secondary N) is 1. The first-order valence-corrected chi connectivity index (χ1v) is 4.64. The molecule has 1 nitrogen and oxygen atoms in total. The van der Waals surface area contributed by atoms with E-state index in [1.165, 1.54) is 6.42 Å². The minimum Gasteiger partial charge on any atom is -0.316 e. The van der Waals surface area contributed by atoms with Gasteiger partial charge in [-0.15, -0.1) is 0 Å². The summed E-state index contributed by atoms with van der Waals surface area (Å²) in [5.74, 6) is 1.76. The topological polar surface area (TPSA) is 12.0 Å². The van der Waals surface area contributed by atoms with Gasteiger partial charge in [-0.3, -0.25) is 0 Å². The van der Waals surface area contributed by atoms with Crippen molar-refractivity contribution in [2.24, 2.45) is 17.3 Å². The van der Waals surface area contributed by atoms with Gasteiger partial charge < -0.3 is 5.32 Å². The first kappa shape index (κ1) is 9.05. The molecule has 0 spiro atoms. The Bertz CT molecular complexity index is 134. The van der Waals surface area contributed by atoms with E-state index >= 15 is 0 Å². The van der Waals surface area contributed by atoms with Gasteiger partial charge in [0.15, 0.2) is 0 Å². The zero-order valence-electron chi connectivity index (χ0n) is 8.44. The summed E-state index contributed by atoms with van der Waals surface area (Å²) in [7, 11) is 2.08. The Labute approximate surface area is 70.6 Å². The van der Waals surface area contributed by atoms with Crippen molar-refractivity contribution in [3.8, 4) is 0 Å². The molecule has 0 saturated heterocycles. The fourth-order valence-electron chi connectivity index (χ4n) is 2.27. The van der Waals surface area contributed by atoms with Crippen LogP contribution in [0.1, 0.15) is 34.1 Å². The maximum absolute atomic E-state index is 3.41. The first-order valence-electron chi connectivity index (χ1n) is 4.64. The van der Waals surface area contributed by atoms with E-state index in [1.807, 2.05) is 0 Å². The fourth-order valence-corrected chi connectivity index (χ4v) is 2.27. The van der Waals surface area contributed by atoms with Gasteiger partial charge >= 0.3 is 0 Å². The normalized spacial score (nSPS) is 38.5. The van der Waals surface area contributed by atoms with Crippen molar-refractivity contribution in [3.63, 3.8) is 0 Å². The van der Waals surface area contributed by atoms with E-state index in [2.05, 4.69) is 40.1 Å². The minimum atomic E-state index is 0.486. The van der Waals surface area contributed by atoms with E-state index in [0.29, 0.717) is 5.41 Å². The molecule has 11 heavy (non-hydrogen) atoms. The molecule has 0 heterocycles. The van der Waals surface area contributed by atoms with Crippen LogP contribution in [0.2, 0.25) is 0 Å². The highest BCUT2D eigenvalue weighted by molar-refractivity contribution is 4.97. The second kappa shape index (κ2) is 2.78. The third-order valence-corrected chi connectivity index (χ3v) is 3.12. The van der Waals surface area contributed by atoms with Crippen LogP contribution in [0.25, 0.3) is 0 Å². The van der Waals surface area contributed by atoms with Crippen LogP contribution in [-0.2, 0) is 0 Å². The van der Waals surface area contributed by atoms with Gasteiger partial charge in [-0.25, -0.2) is 0 Å². The van der Waals surface area contributed by atoms with Crippen LogP contribution in [-0.4, -0.2) is 13.1 Å². The van der Waals surface area contributed by atoms with Gasteiger partial charge in [0.05, 0.1) is 0 Å². The van der Waals surface area contributed by atoms with Gasteiger partial charge in [0.1, 0.15) is 0 Å². The van der Waals surface area contributed by atoms with Gasteiger partial charge in [-0.05, 0) is 30.7 Å². The highest BCUT2D eigenvalue weighted by Crippen LogP contribution is 2.44. The zero-order valence-corrected chi connectivity index (χ0v) is 8.44. The summed E-state index contributed by atoms with van der Waals surface area (Å²) in [6.07, 6.45) is 1.40. The standard InChI is InChI=1S/C10H21N/c1-7-6-8(9(7)11-5)10(2,3)4/h7-9,11H,6H2,1-5H3. The van der Waals surface area contributed by atoms with E-state index in [0.717, 1.165) is 17.9 Å². The summed E-state index contributed by atoms with van der Waals surface area (Å²) in [5, 5.41) is 3.41. The van der Waals surface area contributed by atoms with E-state index < -0.39 is 0 Å². The third kappa shape index (κ3) is 1.58. The molecule has 1 aliphatic carbocycles. The Morgan fingerprint density at radius 2 is 1.82 bits per heavy atom. The second-order valence-corrected chi connectivity index (χ2v) is 5.00. The van der Waals surface area contributed by atoms with Gasteiger partial charge in [-0.1, -0.05) is 27.7 Å². The van der Waals surface area contributed by atoms with Crippen molar-refractivity contribution in [3.05, 3.63) is 0 Å². The average molecular weight is 155 g/mol. The molecule has 1 aliphatic rings. The van der Waals surface area contributed by atoms with E-state index in [4.69, 9.17) is 0 Å². The lowest BCUT2D eigenvalue weighted by Gasteiger charge is -2.50. The molecule has 0 bridgehead atoms. The maximum Gasteiger partial charge on any atom is 0.0123 e. The van der Waals surface area contributed by atoms with E-state index in [-0.39, 0.29) is 0 Å². The maximum atomic E-state index is 3.41. The Kier molecular flexibility index (Phi) is 2.29. The predicted molar refractivity (Wildman–Crippen MR) is 49.6 cm³/mol. The van der Waals surface area contributed by atoms with E-state index in [1.54, 1.807) is 0 Å². The highest BCUT2D eigenvalue weighted by atomic mass is 14.9. The molecule has 0 aromatic rings. The molecule has 0 radical (unpaired) electrons. The summed E-state index contributed by atoms with van der Waals surface area (Å²) >= 11 is 0. The Morgan fingerprint density at radius 3 is 2.00 bits per heavy atom. The Hall–Kier alpha value is -0.0400. The van der Waals surface area contributed by atoms with Crippen molar-refractivity contribution < 1.29 is 0 Å². The average Bonchev–Trinajstić information content (AvgIpc) is 1.81. The molecule has 1 rings (SSSR count). The largest absolute Gasteiger partial charge is 0.316 e. The van der Waals surface area contributed by atoms with Crippen LogP contribution in [0.4, 0.5) is 0 Å². The van der Waals surface area contributed by atoms with Crippen molar-refractivity contribution in [1.82, 2.24) is 5.32 Å².